The van der Waals surface area contributed by atoms with Crippen LogP contribution in [-0.4, -0.2) is 26.0 Å². The highest BCUT2D eigenvalue weighted by atomic mass is 19.4. The highest BCUT2D eigenvalue weighted by molar-refractivity contribution is 5.94. The molecule has 1 rings (SSSR count). The van der Waals surface area contributed by atoms with E-state index in [0.29, 0.717) is 12.5 Å². The van der Waals surface area contributed by atoms with Crippen LogP contribution in [0.4, 0.5) is 18.9 Å². The molecule has 0 saturated heterocycles. The highest BCUT2D eigenvalue weighted by Crippen LogP contribution is 2.34. The van der Waals surface area contributed by atoms with Crippen molar-refractivity contribution in [3.63, 3.8) is 0 Å². The lowest BCUT2D eigenvalue weighted by Crippen LogP contribution is -2.37. The van der Waals surface area contributed by atoms with E-state index in [9.17, 15) is 18.0 Å². The molecule has 1 aromatic rings. The summed E-state index contributed by atoms with van der Waals surface area (Å²) in [6, 6.07) is 4.73. The zero-order chi connectivity index (χ0) is 16.9. The molecule has 1 amide bonds. The van der Waals surface area contributed by atoms with Crippen LogP contribution in [0.25, 0.3) is 0 Å². The number of hydrogen-bond acceptors (Lipinski definition) is 3. The number of nitriles is 1. The van der Waals surface area contributed by atoms with Gasteiger partial charge in [-0.2, -0.15) is 18.4 Å². The molecule has 0 aliphatic carbocycles. The molecule has 1 N–H and O–H groups in total. The summed E-state index contributed by atoms with van der Waals surface area (Å²) in [4.78, 5) is 13.1. The van der Waals surface area contributed by atoms with Gasteiger partial charge in [0.1, 0.15) is 0 Å². The molecule has 0 aromatic heterocycles. The van der Waals surface area contributed by atoms with Crippen molar-refractivity contribution in [1.29, 1.82) is 5.26 Å². The Morgan fingerprint density at radius 2 is 2.05 bits per heavy atom. The average Bonchev–Trinajstić information content (AvgIpc) is 2.44. The topological polar surface area (TPSA) is 56.1 Å². The van der Waals surface area contributed by atoms with Crippen LogP contribution in [0.15, 0.2) is 18.2 Å². The fourth-order valence-electron chi connectivity index (χ4n) is 1.80. The first-order chi connectivity index (χ1) is 10.2. The van der Waals surface area contributed by atoms with E-state index in [1.165, 1.54) is 19.2 Å². The van der Waals surface area contributed by atoms with E-state index in [4.69, 9.17) is 5.26 Å². The molecule has 0 heterocycles. The molecule has 0 aliphatic heterocycles. The Hall–Kier alpha value is -2.07. The van der Waals surface area contributed by atoms with Crippen LogP contribution in [0, 0.1) is 17.2 Å². The van der Waals surface area contributed by atoms with Gasteiger partial charge < -0.3 is 10.2 Å². The van der Waals surface area contributed by atoms with Gasteiger partial charge in [0, 0.05) is 12.7 Å². The Morgan fingerprint density at radius 1 is 1.41 bits per heavy atom. The average molecular weight is 313 g/mol. The Bertz CT molecular complexity index is 576. The van der Waals surface area contributed by atoms with Gasteiger partial charge in [0.2, 0.25) is 5.91 Å². The Morgan fingerprint density at radius 3 is 2.55 bits per heavy atom. The minimum atomic E-state index is -4.64. The van der Waals surface area contributed by atoms with Gasteiger partial charge in [0.25, 0.3) is 0 Å². The fourth-order valence-corrected chi connectivity index (χ4v) is 1.80. The summed E-state index contributed by atoms with van der Waals surface area (Å²) in [7, 11) is 1.40. The van der Waals surface area contributed by atoms with Crippen LogP contribution >= 0.6 is 0 Å². The number of carbonyl (C=O) groups is 1. The van der Waals surface area contributed by atoms with Gasteiger partial charge in [-0.15, -0.1) is 0 Å². The summed E-state index contributed by atoms with van der Waals surface area (Å²) in [6.45, 7) is 4.64. The van der Waals surface area contributed by atoms with E-state index in [2.05, 4.69) is 5.32 Å². The number of alkyl halides is 3. The van der Waals surface area contributed by atoms with Crippen molar-refractivity contribution in [3.8, 4) is 6.07 Å². The number of carbonyl (C=O) groups excluding carboxylic acids is 1. The lowest BCUT2D eigenvalue weighted by molar-refractivity contribution is -0.137. The first-order valence-corrected chi connectivity index (χ1v) is 6.75. The van der Waals surface area contributed by atoms with Crippen LogP contribution in [0.3, 0.4) is 0 Å². The summed E-state index contributed by atoms with van der Waals surface area (Å²) in [5.74, 6) is 0.0170. The molecule has 4 nitrogen and oxygen atoms in total. The predicted octanol–water partition coefficient (Wildman–Crippen LogP) is 2.79. The van der Waals surface area contributed by atoms with Gasteiger partial charge in [0.15, 0.2) is 0 Å². The molecule has 22 heavy (non-hydrogen) atoms. The van der Waals surface area contributed by atoms with E-state index in [1.54, 1.807) is 0 Å². The van der Waals surface area contributed by atoms with E-state index >= 15 is 0 Å². The quantitative estimate of drug-likeness (QED) is 0.909. The van der Waals surface area contributed by atoms with Crippen LogP contribution in [0.5, 0.6) is 0 Å². The highest BCUT2D eigenvalue weighted by Gasteiger charge is 2.34. The van der Waals surface area contributed by atoms with Gasteiger partial charge in [0.05, 0.1) is 23.7 Å². The third-order valence-electron chi connectivity index (χ3n) is 3.02. The Labute approximate surface area is 127 Å². The standard InChI is InChI=1S/C15H18F3N3O/c1-10(2)8-20-9-14(22)21(3)12-5-4-11(7-19)13(6-12)15(16,17)18/h4-6,10,20H,8-9H2,1-3H3. The second-order valence-electron chi connectivity index (χ2n) is 5.32. The molecule has 0 bridgehead atoms. The second-order valence-corrected chi connectivity index (χ2v) is 5.32. The zero-order valence-corrected chi connectivity index (χ0v) is 12.7. The number of nitrogens with one attached hydrogen (secondary N) is 1. The Balaban J connectivity index is 2.93. The summed E-state index contributed by atoms with van der Waals surface area (Å²) in [5, 5.41) is 11.7. The van der Waals surface area contributed by atoms with Gasteiger partial charge in [-0.05, 0) is 30.7 Å². The number of halogens is 3. The van der Waals surface area contributed by atoms with Crippen LogP contribution in [0.2, 0.25) is 0 Å². The largest absolute Gasteiger partial charge is 0.417 e. The van der Waals surface area contributed by atoms with E-state index < -0.39 is 17.3 Å². The van der Waals surface area contributed by atoms with Crippen molar-refractivity contribution in [2.45, 2.75) is 20.0 Å². The number of rotatable bonds is 5. The molecule has 0 fully saturated rings. The molecule has 0 radical (unpaired) electrons. The minimum absolute atomic E-state index is 0.0377. The summed E-state index contributed by atoms with van der Waals surface area (Å²) in [6.07, 6.45) is -4.64. The van der Waals surface area contributed by atoms with Crippen molar-refractivity contribution in [2.24, 2.45) is 5.92 Å². The van der Waals surface area contributed by atoms with Gasteiger partial charge in [-0.3, -0.25) is 4.79 Å². The molecular weight excluding hydrogens is 295 g/mol. The minimum Gasteiger partial charge on any atom is -0.314 e. The normalized spacial score (nSPS) is 11.4. The number of hydrogen-bond donors (Lipinski definition) is 1. The number of amides is 1. The number of nitrogens with zero attached hydrogens (tertiary/aromatic N) is 2. The molecule has 0 aliphatic rings. The maximum absolute atomic E-state index is 12.9. The predicted molar refractivity (Wildman–Crippen MR) is 77.3 cm³/mol. The van der Waals surface area contributed by atoms with E-state index in [0.717, 1.165) is 17.0 Å². The molecule has 120 valence electrons. The molecular formula is C15H18F3N3O. The van der Waals surface area contributed by atoms with Crippen molar-refractivity contribution in [1.82, 2.24) is 5.32 Å². The molecule has 0 unspecified atom stereocenters. The van der Waals surface area contributed by atoms with E-state index in [-0.39, 0.29) is 18.1 Å². The molecule has 0 atom stereocenters. The number of anilines is 1. The monoisotopic (exact) mass is 313 g/mol. The van der Waals surface area contributed by atoms with Crippen molar-refractivity contribution < 1.29 is 18.0 Å². The van der Waals surface area contributed by atoms with Crippen molar-refractivity contribution in [3.05, 3.63) is 29.3 Å². The van der Waals surface area contributed by atoms with Gasteiger partial charge in [-0.1, -0.05) is 13.8 Å². The smallest absolute Gasteiger partial charge is 0.314 e. The second kappa shape index (κ2) is 7.27. The SMILES string of the molecule is CC(C)CNCC(=O)N(C)c1ccc(C#N)c(C(F)(F)F)c1. The third-order valence-corrected chi connectivity index (χ3v) is 3.02. The van der Waals surface area contributed by atoms with Crippen LogP contribution < -0.4 is 10.2 Å². The maximum atomic E-state index is 12.9. The van der Waals surface area contributed by atoms with Crippen molar-refractivity contribution in [2.75, 3.05) is 25.0 Å². The van der Waals surface area contributed by atoms with Crippen LogP contribution in [-0.2, 0) is 11.0 Å². The lowest BCUT2D eigenvalue weighted by atomic mass is 10.1. The lowest BCUT2D eigenvalue weighted by Gasteiger charge is -2.20. The molecule has 7 heteroatoms. The summed E-state index contributed by atoms with van der Waals surface area (Å²) in [5.41, 5.74) is -1.40. The fraction of sp³-hybridized carbons (Fsp3) is 0.467. The molecule has 0 saturated carbocycles. The van der Waals surface area contributed by atoms with Crippen LogP contribution in [0.1, 0.15) is 25.0 Å². The number of benzene rings is 1. The van der Waals surface area contributed by atoms with Gasteiger partial charge in [-0.25, -0.2) is 0 Å². The molecule has 1 aromatic carbocycles. The Kier molecular flexibility index (Phi) is 5.94. The summed E-state index contributed by atoms with van der Waals surface area (Å²) >= 11 is 0. The first-order valence-electron chi connectivity index (χ1n) is 6.75. The maximum Gasteiger partial charge on any atom is 0.417 e. The number of likely N-dealkylation sites (N-methyl/N-ethyl adjacent to an activating group) is 1. The van der Waals surface area contributed by atoms with E-state index in [1.807, 2.05) is 13.8 Å². The molecule has 0 spiro atoms. The third kappa shape index (κ3) is 4.74. The zero-order valence-electron chi connectivity index (χ0n) is 12.7. The first kappa shape index (κ1) is 18.0. The van der Waals surface area contributed by atoms with Gasteiger partial charge >= 0.3 is 6.18 Å². The summed E-state index contributed by atoms with van der Waals surface area (Å²) < 4.78 is 38.7. The van der Waals surface area contributed by atoms with Crippen molar-refractivity contribution >= 4 is 11.6 Å².